The zero-order chi connectivity index (χ0) is 17.6. The summed E-state index contributed by atoms with van der Waals surface area (Å²) in [4.78, 5) is 27.2. The summed E-state index contributed by atoms with van der Waals surface area (Å²) < 4.78 is 1.80. The van der Waals surface area contributed by atoms with Crippen LogP contribution in [0.1, 0.15) is 16.1 Å². The van der Waals surface area contributed by atoms with Crippen LogP contribution in [0.5, 0.6) is 0 Å². The van der Waals surface area contributed by atoms with Crippen molar-refractivity contribution >= 4 is 71.8 Å². The molecule has 0 N–H and O–H groups in total. The van der Waals surface area contributed by atoms with E-state index in [1.54, 1.807) is 4.90 Å². The second-order valence-electron chi connectivity index (χ2n) is 5.82. The molecule has 25 heavy (non-hydrogen) atoms. The average Bonchev–Trinajstić information content (AvgIpc) is 2.87. The van der Waals surface area contributed by atoms with Crippen LogP contribution < -0.4 is 9.80 Å². The van der Waals surface area contributed by atoms with Crippen molar-refractivity contribution in [2.45, 2.75) is 6.42 Å². The Bertz CT molecular complexity index is 955. The first-order chi connectivity index (χ1) is 12.0. The minimum absolute atomic E-state index is 0.0440. The lowest BCUT2D eigenvalue weighted by molar-refractivity contribution is 0.0990. The van der Waals surface area contributed by atoms with Gasteiger partial charge in [-0.25, -0.2) is 9.97 Å². The minimum Gasteiger partial charge on any atom is -0.357 e. The number of rotatable bonds is 1. The first kappa shape index (κ1) is 16.9. The summed E-state index contributed by atoms with van der Waals surface area (Å²) in [5, 5.41) is 0. The van der Waals surface area contributed by atoms with E-state index >= 15 is 0 Å². The van der Waals surface area contributed by atoms with Gasteiger partial charge in [-0.05, 0) is 56.5 Å². The molecule has 1 aliphatic heterocycles. The van der Waals surface area contributed by atoms with Gasteiger partial charge in [-0.2, -0.15) is 0 Å². The predicted molar refractivity (Wildman–Crippen MR) is 109 cm³/mol. The molecule has 8 heteroatoms. The summed E-state index contributed by atoms with van der Waals surface area (Å²) in [6, 6.07) is 9.60. The molecule has 0 atom stereocenters. The maximum Gasteiger partial charge on any atom is 0.269 e. The Balaban J connectivity index is 1.85. The highest BCUT2D eigenvalue weighted by Crippen LogP contribution is 2.36. The summed E-state index contributed by atoms with van der Waals surface area (Å²) in [6.45, 7) is 1.46. The smallest absolute Gasteiger partial charge is 0.269 e. The molecule has 0 saturated heterocycles. The lowest BCUT2D eigenvalue weighted by Crippen LogP contribution is -2.31. The van der Waals surface area contributed by atoms with E-state index in [2.05, 4.69) is 36.8 Å². The van der Waals surface area contributed by atoms with Crippen LogP contribution in [0.3, 0.4) is 0 Å². The summed E-state index contributed by atoms with van der Waals surface area (Å²) >= 11 is 8.34. The lowest BCUT2D eigenvalue weighted by atomic mass is 10.3. The van der Waals surface area contributed by atoms with Gasteiger partial charge in [-0.3, -0.25) is 9.69 Å². The molecule has 0 saturated carbocycles. The molecule has 0 fully saturated rings. The van der Waals surface area contributed by atoms with Crippen molar-refractivity contribution in [2.75, 3.05) is 29.9 Å². The zero-order valence-electron chi connectivity index (χ0n) is 13.4. The molecule has 128 valence electrons. The van der Waals surface area contributed by atoms with E-state index in [1.807, 2.05) is 37.4 Å². The molecule has 0 aliphatic carbocycles. The Morgan fingerprint density at radius 1 is 1.12 bits per heavy atom. The van der Waals surface area contributed by atoms with E-state index < -0.39 is 0 Å². The second-order valence-corrected chi connectivity index (χ2v) is 9.05. The number of aromatic nitrogens is 2. The van der Waals surface area contributed by atoms with Gasteiger partial charge < -0.3 is 4.90 Å². The van der Waals surface area contributed by atoms with Crippen LogP contribution in [0.4, 0.5) is 11.6 Å². The molecule has 1 amide bonds. The van der Waals surface area contributed by atoms with Crippen LogP contribution in [0, 0.1) is 0 Å². The van der Waals surface area contributed by atoms with Crippen molar-refractivity contribution < 1.29 is 4.79 Å². The van der Waals surface area contributed by atoms with Crippen molar-refractivity contribution in [3.05, 3.63) is 43.5 Å². The maximum absolute atomic E-state index is 13.1. The normalized spacial score (nSPS) is 14.5. The van der Waals surface area contributed by atoms with Gasteiger partial charge in [0.05, 0.1) is 19.7 Å². The van der Waals surface area contributed by atoms with E-state index in [9.17, 15) is 4.79 Å². The van der Waals surface area contributed by atoms with E-state index in [0.29, 0.717) is 17.2 Å². The second kappa shape index (κ2) is 6.66. The number of hydrogen-bond acceptors (Lipinski definition) is 5. The van der Waals surface area contributed by atoms with Crippen LogP contribution in [0.25, 0.3) is 11.0 Å². The molecule has 4 rings (SSSR count). The molecule has 0 unspecified atom stereocenters. The number of carbonyl (C=O) groups is 1. The summed E-state index contributed by atoms with van der Waals surface area (Å²) in [5.74, 6) is 1.33. The number of nitrogens with zero attached hydrogens (tertiary/aromatic N) is 4. The van der Waals surface area contributed by atoms with Gasteiger partial charge >= 0.3 is 0 Å². The van der Waals surface area contributed by atoms with Crippen LogP contribution in [0.2, 0.25) is 0 Å². The Hall–Kier alpha value is -1.51. The van der Waals surface area contributed by atoms with Crippen molar-refractivity contribution in [3.63, 3.8) is 0 Å². The molecule has 3 aromatic rings. The monoisotopic (exact) mass is 480 g/mol. The van der Waals surface area contributed by atoms with E-state index in [1.165, 1.54) is 11.3 Å². The Kier molecular flexibility index (Phi) is 4.51. The highest BCUT2D eigenvalue weighted by molar-refractivity contribution is 9.13. The number of para-hydroxylation sites is 2. The number of fused-ring (bicyclic) bond motifs is 2. The summed E-state index contributed by atoms with van der Waals surface area (Å²) in [6.07, 6.45) is 0.865. The van der Waals surface area contributed by atoms with Crippen molar-refractivity contribution in [2.24, 2.45) is 0 Å². The highest BCUT2D eigenvalue weighted by Gasteiger charge is 2.28. The topological polar surface area (TPSA) is 49.3 Å². The first-order valence-electron chi connectivity index (χ1n) is 7.79. The van der Waals surface area contributed by atoms with Crippen molar-refractivity contribution in [1.82, 2.24) is 9.97 Å². The van der Waals surface area contributed by atoms with Crippen LogP contribution in [0.15, 0.2) is 38.6 Å². The van der Waals surface area contributed by atoms with Gasteiger partial charge in [-0.1, -0.05) is 12.1 Å². The third kappa shape index (κ3) is 3.07. The molecule has 2 aromatic heterocycles. The quantitative estimate of drug-likeness (QED) is 0.505. The standard InChI is InChI=1S/C17H14Br2N4OS/c1-22-7-4-8-23(17(24)13-9-10(18)14(19)25-13)16-15(22)20-11-5-2-3-6-12(11)21-16/h2-3,5-6,9H,4,7-8H2,1H3. The highest BCUT2D eigenvalue weighted by atomic mass is 79.9. The molecule has 1 aromatic carbocycles. The third-order valence-electron chi connectivity index (χ3n) is 4.13. The Morgan fingerprint density at radius 2 is 1.80 bits per heavy atom. The molecule has 0 spiro atoms. The number of amides is 1. The molecule has 0 radical (unpaired) electrons. The summed E-state index contributed by atoms with van der Waals surface area (Å²) in [7, 11) is 1.99. The van der Waals surface area contributed by atoms with Gasteiger partial charge in [0.25, 0.3) is 5.91 Å². The van der Waals surface area contributed by atoms with Crippen molar-refractivity contribution in [1.29, 1.82) is 0 Å². The zero-order valence-corrected chi connectivity index (χ0v) is 17.4. The number of anilines is 2. The lowest BCUT2D eigenvalue weighted by Gasteiger charge is -2.22. The van der Waals surface area contributed by atoms with Crippen LogP contribution in [-0.4, -0.2) is 36.0 Å². The first-order valence-corrected chi connectivity index (χ1v) is 10.2. The number of hydrogen-bond donors (Lipinski definition) is 0. The molecule has 3 heterocycles. The fraction of sp³-hybridized carbons (Fsp3) is 0.235. The molecule has 1 aliphatic rings. The summed E-state index contributed by atoms with van der Waals surface area (Å²) in [5.41, 5.74) is 1.63. The van der Waals surface area contributed by atoms with Gasteiger partial charge in [-0.15, -0.1) is 11.3 Å². The van der Waals surface area contributed by atoms with Crippen LogP contribution in [-0.2, 0) is 0 Å². The van der Waals surface area contributed by atoms with Gasteiger partial charge in [0, 0.05) is 24.6 Å². The maximum atomic E-state index is 13.1. The largest absolute Gasteiger partial charge is 0.357 e. The number of halogens is 2. The third-order valence-corrected chi connectivity index (χ3v) is 7.37. The molecule has 5 nitrogen and oxygen atoms in total. The average molecular weight is 482 g/mol. The van der Waals surface area contributed by atoms with E-state index in [0.717, 1.165) is 38.1 Å². The van der Waals surface area contributed by atoms with Gasteiger partial charge in [0.2, 0.25) is 0 Å². The molecular formula is C17H14Br2N4OS. The van der Waals surface area contributed by atoms with E-state index in [4.69, 9.17) is 9.97 Å². The molecule has 0 bridgehead atoms. The number of carbonyl (C=O) groups excluding carboxylic acids is 1. The minimum atomic E-state index is -0.0440. The number of benzene rings is 1. The SMILES string of the molecule is CN1CCCN(C(=O)c2cc(Br)c(Br)s2)c2nc3ccccc3nc21. The van der Waals surface area contributed by atoms with E-state index in [-0.39, 0.29) is 5.91 Å². The van der Waals surface area contributed by atoms with Gasteiger partial charge in [0.1, 0.15) is 0 Å². The van der Waals surface area contributed by atoms with Crippen LogP contribution >= 0.6 is 43.2 Å². The molecular weight excluding hydrogens is 468 g/mol. The van der Waals surface area contributed by atoms with Gasteiger partial charge in [0.15, 0.2) is 11.6 Å². The van der Waals surface area contributed by atoms with Crippen molar-refractivity contribution in [3.8, 4) is 0 Å². The Morgan fingerprint density at radius 3 is 2.44 bits per heavy atom. The Labute approximate surface area is 165 Å². The fourth-order valence-corrected chi connectivity index (χ4v) is 4.86. The fourth-order valence-electron chi connectivity index (χ4n) is 2.88. The predicted octanol–water partition coefficient (Wildman–Crippen LogP) is 4.70. The number of thiophene rings is 1.